The van der Waals surface area contributed by atoms with Gasteiger partial charge in [-0.3, -0.25) is 9.69 Å². The minimum absolute atomic E-state index is 0.0883. The highest BCUT2D eigenvalue weighted by Gasteiger charge is 2.40. The predicted molar refractivity (Wildman–Crippen MR) is 42.8 cm³/mol. The standard InChI is InChI=1S/C8H13NO3/c1-8(2)4-6(10)5-9(8)7(11)12-3/h4-5H2,1-3H3. The number of methoxy groups -OCH3 is 1. The van der Waals surface area contributed by atoms with E-state index in [0.717, 1.165) is 0 Å². The average molecular weight is 171 g/mol. The zero-order valence-corrected chi connectivity index (χ0v) is 7.59. The van der Waals surface area contributed by atoms with E-state index in [1.165, 1.54) is 12.0 Å². The predicted octanol–water partition coefficient (Wildman–Crippen LogP) is 0.806. The zero-order chi connectivity index (χ0) is 9.35. The van der Waals surface area contributed by atoms with Crippen LogP contribution >= 0.6 is 0 Å². The molecule has 0 N–H and O–H groups in total. The van der Waals surface area contributed by atoms with Gasteiger partial charge in [-0.25, -0.2) is 4.79 Å². The van der Waals surface area contributed by atoms with Gasteiger partial charge >= 0.3 is 6.09 Å². The molecule has 0 aromatic rings. The van der Waals surface area contributed by atoms with Crippen molar-refractivity contribution in [1.82, 2.24) is 4.90 Å². The summed E-state index contributed by atoms with van der Waals surface area (Å²) in [5.41, 5.74) is -0.385. The van der Waals surface area contributed by atoms with Gasteiger partial charge in [0.25, 0.3) is 0 Å². The summed E-state index contributed by atoms with van der Waals surface area (Å²) in [6.45, 7) is 3.89. The topological polar surface area (TPSA) is 46.6 Å². The van der Waals surface area contributed by atoms with Crippen LogP contribution in [0.1, 0.15) is 20.3 Å². The molecular formula is C8H13NO3. The Kier molecular flexibility index (Phi) is 2.08. The molecule has 4 heteroatoms. The molecule has 4 nitrogen and oxygen atoms in total. The van der Waals surface area contributed by atoms with Crippen molar-refractivity contribution in [3.8, 4) is 0 Å². The summed E-state index contributed by atoms with van der Waals surface area (Å²) in [6, 6.07) is 0. The first-order chi connectivity index (χ1) is 5.47. The van der Waals surface area contributed by atoms with E-state index >= 15 is 0 Å². The van der Waals surface area contributed by atoms with Crippen molar-refractivity contribution in [2.24, 2.45) is 0 Å². The van der Waals surface area contributed by atoms with Gasteiger partial charge in [-0.2, -0.15) is 0 Å². The van der Waals surface area contributed by atoms with Crippen LogP contribution in [0, 0.1) is 0 Å². The third kappa shape index (κ3) is 1.42. The Balaban J connectivity index is 2.78. The van der Waals surface area contributed by atoms with Gasteiger partial charge < -0.3 is 4.74 Å². The van der Waals surface area contributed by atoms with Crippen LogP contribution in [0.4, 0.5) is 4.79 Å². The summed E-state index contributed by atoms with van der Waals surface area (Å²) in [5, 5.41) is 0. The van der Waals surface area contributed by atoms with E-state index in [4.69, 9.17) is 0 Å². The molecule has 1 aliphatic heterocycles. The van der Waals surface area contributed by atoms with Crippen LogP contribution in [0.15, 0.2) is 0 Å². The highest BCUT2D eigenvalue weighted by molar-refractivity contribution is 5.89. The van der Waals surface area contributed by atoms with E-state index in [2.05, 4.69) is 4.74 Å². The summed E-state index contributed by atoms with van der Waals surface area (Å²) in [4.78, 5) is 23.6. The van der Waals surface area contributed by atoms with Crippen LogP contribution < -0.4 is 0 Å². The fraction of sp³-hybridized carbons (Fsp3) is 0.750. The van der Waals surface area contributed by atoms with Crippen molar-refractivity contribution in [2.75, 3.05) is 13.7 Å². The number of amides is 1. The van der Waals surface area contributed by atoms with Gasteiger partial charge in [-0.05, 0) is 13.8 Å². The lowest BCUT2D eigenvalue weighted by Gasteiger charge is -2.28. The SMILES string of the molecule is COC(=O)N1CC(=O)CC1(C)C. The number of likely N-dealkylation sites (tertiary alicyclic amines) is 1. The van der Waals surface area contributed by atoms with Gasteiger partial charge in [-0.1, -0.05) is 0 Å². The van der Waals surface area contributed by atoms with E-state index in [1.807, 2.05) is 13.8 Å². The van der Waals surface area contributed by atoms with Crippen molar-refractivity contribution in [1.29, 1.82) is 0 Å². The Morgan fingerprint density at radius 2 is 2.17 bits per heavy atom. The molecule has 1 amide bonds. The number of rotatable bonds is 0. The van der Waals surface area contributed by atoms with Gasteiger partial charge in [0.15, 0.2) is 5.78 Å². The molecule has 0 aromatic heterocycles. The molecule has 1 heterocycles. The van der Waals surface area contributed by atoms with Crippen molar-refractivity contribution < 1.29 is 14.3 Å². The lowest BCUT2D eigenvalue weighted by molar-refractivity contribution is -0.116. The monoisotopic (exact) mass is 171 g/mol. The second-order valence-corrected chi connectivity index (χ2v) is 3.58. The molecular weight excluding hydrogens is 158 g/mol. The van der Waals surface area contributed by atoms with Gasteiger partial charge in [0.1, 0.15) is 0 Å². The summed E-state index contributed by atoms with van der Waals surface area (Å²) >= 11 is 0. The Labute approximate surface area is 71.5 Å². The van der Waals surface area contributed by atoms with Crippen LogP contribution in [0.25, 0.3) is 0 Å². The second-order valence-electron chi connectivity index (χ2n) is 3.58. The van der Waals surface area contributed by atoms with Gasteiger partial charge in [0.2, 0.25) is 0 Å². The number of nitrogens with zero attached hydrogens (tertiary/aromatic N) is 1. The van der Waals surface area contributed by atoms with Gasteiger partial charge in [-0.15, -0.1) is 0 Å². The zero-order valence-electron chi connectivity index (χ0n) is 7.59. The number of carbonyl (C=O) groups excluding carboxylic acids is 2. The van der Waals surface area contributed by atoms with Crippen LogP contribution in [0.2, 0.25) is 0 Å². The van der Waals surface area contributed by atoms with E-state index in [-0.39, 0.29) is 17.9 Å². The molecule has 0 bridgehead atoms. The van der Waals surface area contributed by atoms with E-state index in [0.29, 0.717) is 6.42 Å². The summed E-state index contributed by atoms with van der Waals surface area (Å²) in [5.74, 6) is 0.0883. The molecule has 0 saturated carbocycles. The van der Waals surface area contributed by atoms with Crippen molar-refractivity contribution in [2.45, 2.75) is 25.8 Å². The first kappa shape index (κ1) is 9.03. The molecule has 0 unspecified atom stereocenters. The number of ether oxygens (including phenoxy) is 1. The summed E-state index contributed by atoms with van der Waals surface area (Å²) in [7, 11) is 1.32. The number of ketones is 1. The van der Waals surface area contributed by atoms with E-state index in [9.17, 15) is 9.59 Å². The van der Waals surface area contributed by atoms with E-state index in [1.54, 1.807) is 0 Å². The smallest absolute Gasteiger partial charge is 0.410 e. The molecule has 0 radical (unpaired) electrons. The molecule has 0 atom stereocenters. The van der Waals surface area contributed by atoms with Gasteiger partial charge in [0.05, 0.1) is 13.7 Å². The molecule has 1 aliphatic rings. The fourth-order valence-corrected chi connectivity index (χ4v) is 1.45. The minimum atomic E-state index is -0.425. The van der Waals surface area contributed by atoms with Crippen molar-refractivity contribution in [3.05, 3.63) is 0 Å². The number of Topliss-reactive ketones (excluding diaryl/α,β-unsaturated/α-hetero) is 1. The maximum absolute atomic E-state index is 11.1. The molecule has 0 spiro atoms. The third-order valence-electron chi connectivity index (χ3n) is 2.09. The normalized spacial score (nSPS) is 21.2. The number of hydrogen-bond acceptors (Lipinski definition) is 3. The molecule has 1 saturated heterocycles. The maximum atomic E-state index is 11.1. The third-order valence-corrected chi connectivity index (χ3v) is 2.09. The Morgan fingerprint density at radius 1 is 1.58 bits per heavy atom. The summed E-state index contributed by atoms with van der Waals surface area (Å²) in [6.07, 6.45) is -0.00639. The largest absolute Gasteiger partial charge is 0.453 e. The number of carbonyl (C=O) groups is 2. The Hall–Kier alpha value is -1.06. The maximum Gasteiger partial charge on any atom is 0.410 e. The van der Waals surface area contributed by atoms with E-state index < -0.39 is 6.09 Å². The number of hydrogen-bond donors (Lipinski definition) is 0. The highest BCUT2D eigenvalue weighted by Crippen LogP contribution is 2.26. The molecule has 0 aliphatic carbocycles. The first-order valence-electron chi connectivity index (χ1n) is 3.84. The molecule has 0 aromatic carbocycles. The molecule has 1 fully saturated rings. The van der Waals surface area contributed by atoms with Crippen LogP contribution in [-0.4, -0.2) is 36.0 Å². The molecule has 1 rings (SSSR count). The molecule has 12 heavy (non-hydrogen) atoms. The van der Waals surface area contributed by atoms with Crippen LogP contribution in [0.3, 0.4) is 0 Å². The minimum Gasteiger partial charge on any atom is -0.453 e. The lowest BCUT2D eigenvalue weighted by Crippen LogP contribution is -2.42. The van der Waals surface area contributed by atoms with Crippen LogP contribution in [0.5, 0.6) is 0 Å². The van der Waals surface area contributed by atoms with Gasteiger partial charge in [0, 0.05) is 12.0 Å². The lowest BCUT2D eigenvalue weighted by atomic mass is 10.0. The average Bonchev–Trinajstić information content (AvgIpc) is 2.23. The van der Waals surface area contributed by atoms with Crippen molar-refractivity contribution in [3.63, 3.8) is 0 Å². The second kappa shape index (κ2) is 2.77. The quantitative estimate of drug-likeness (QED) is 0.541. The molecule has 68 valence electrons. The summed E-state index contributed by atoms with van der Waals surface area (Å²) < 4.78 is 4.55. The fourth-order valence-electron chi connectivity index (χ4n) is 1.45. The van der Waals surface area contributed by atoms with Crippen LogP contribution in [-0.2, 0) is 9.53 Å². The highest BCUT2D eigenvalue weighted by atomic mass is 16.5. The first-order valence-corrected chi connectivity index (χ1v) is 3.84. The Morgan fingerprint density at radius 3 is 2.50 bits per heavy atom. The Bertz CT molecular complexity index is 222. The van der Waals surface area contributed by atoms with Crippen molar-refractivity contribution >= 4 is 11.9 Å².